The molecule has 0 spiro atoms. The van der Waals surface area contributed by atoms with E-state index in [9.17, 15) is 18.0 Å². The highest BCUT2D eigenvalue weighted by molar-refractivity contribution is 6.05. The number of carbonyl (C=O) groups excluding carboxylic acids is 1. The maximum absolute atomic E-state index is 13.2. The standard InChI is InChI=1S/C26H25F3N8O2/c1-15-24(37-14-23(34-35-37)22-13-32-36(3)16(22)2)11-20(12-31-15)33-25(38)19-8-18(17-4-6-30-7-5-17)9-21(10-19)39-26(27,28)29/h4,8-14,30H,5-7H2,1-3H3,(H,33,38). The van der Waals surface area contributed by atoms with Crippen LogP contribution in [0.4, 0.5) is 18.9 Å². The Balaban J connectivity index is 1.43. The molecule has 4 heterocycles. The quantitative estimate of drug-likeness (QED) is 0.378. The third-order valence-corrected chi connectivity index (χ3v) is 6.41. The average molecular weight is 539 g/mol. The zero-order valence-electron chi connectivity index (χ0n) is 21.4. The predicted molar refractivity (Wildman–Crippen MR) is 137 cm³/mol. The Hall–Kier alpha value is -4.52. The van der Waals surface area contributed by atoms with E-state index < -0.39 is 18.0 Å². The molecule has 0 bridgehead atoms. The van der Waals surface area contributed by atoms with Crippen LogP contribution in [0.2, 0.25) is 0 Å². The molecular formula is C26H25F3N8O2. The van der Waals surface area contributed by atoms with E-state index in [1.807, 2.05) is 20.0 Å². The van der Waals surface area contributed by atoms with Gasteiger partial charge >= 0.3 is 6.36 Å². The van der Waals surface area contributed by atoms with Gasteiger partial charge in [0.05, 0.1) is 35.7 Å². The van der Waals surface area contributed by atoms with Crippen LogP contribution in [0, 0.1) is 13.8 Å². The van der Waals surface area contributed by atoms with Crippen molar-refractivity contribution in [1.29, 1.82) is 0 Å². The van der Waals surface area contributed by atoms with Gasteiger partial charge in [0.1, 0.15) is 11.4 Å². The van der Waals surface area contributed by atoms with Crippen molar-refractivity contribution in [2.24, 2.45) is 7.05 Å². The zero-order valence-corrected chi connectivity index (χ0v) is 21.4. The number of pyridine rings is 1. The van der Waals surface area contributed by atoms with E-state index in [0.29, 0.717) is 47.8 Å². The van der Waals surface area contributed by atoms with Gasteiger partial charge in [0.25, 0.3) is 5.91 Å². The zero-order chi connectivity index (χ0) is 27.7. The van der Waals surface area contributed by atoms with Crippen LogP contribution in [0.3, 0.4) is 0 Å². The van der Waals surface area contributed by atoms with E-state index in [-0.39, 0.29) is 5.56 Å². The van der Waals surface area contributed by atoms with Gasteiger partial charge in [0.15, 0.2) is 0 Å². The molecule has 13 heteroatoms. The summed E-state index contributed by atoms with van der Waals surface area (Å²) in [7, 11) is 1.83. The SMILES string of the molecule is Cc1ncc(NC(=O)c2cc(OC(F)(F)F)cc(C3=CCNCC3)c2)cc1-n1cc(-c2cnn(C)c2C)nn1. The Morgan fingerprint density at radius 3 is 2.67 bits per heavy atom. The molecule has 4 aromatic rings. The van der Waals surface area contributed by atoms with Crippen molar-refractivity contribution < 1.29 is 22.7 Å². The Labute approximate surface area is 221 Å². The van der Waals surface area contributed by atoms with Crippen molar-refractivity contribution in [3.8, 4) is 22.7 Å². The molecule has 1 aliphatic heterocycles. The van der Waals surface area contributed by atoms with Crippen molar-refractivity contribution in [1.82, 2.24) is 35.1 Å². The first kappa shape index (κ1) is 26.1. The van der Waals surface area contributed by atoms with Gasteiger partial charge in [-0.25, -0.2) is 4.68 Å². The second kappa shape index (κ2) is 10.3. The molecule has 39 heavy (non-hydrogen) atoms. The molecular weight excluding hydrogens is 513 g/mol. The van der Waals surface area contributed by atoms with Gasteiger partial charge in [-0.05, 0) is 62.2 Å². The van der Waals surface area contributed by atoms with E-state index in [2.05, 4.69) is 35.8 Å². The molecule has 1 aromatic carbocycles. The molecule has 0 radical (unpaired) electrons. The predicted octanol–water partition coefficient (Wildman–Crippen LogP) is 4.21. The first-order chi connectivity index (χ1) is 18.6. The van der Waals surface area contributed by atoms with Crippen LogP contribution in [0.25, 0.3) is 22.5 Å². The number of aryl methyl sites for hydroxylation is 2. The fourth-order valence-corrected chi connectivity index (χ4v) is 4.27. The molecule has 10 nitrogen and oxygen atoms in total. The topological polar surface area (TPSA) is 112 Å². The smallest absolute Gasteiger partial charge is 0.406 e. The van der Waals surface area contributed by atoms with Crippen molar-refractivity contribution in [2.75, 3.05) is 18.4 Å². The molecule has 0 atom stereocenters. The normalized spacial score (nSPS) is 13.7. The van der Waals surface area contributed by atoms with Crippen LogP contribution >= 0.6 is 0 Å². The van der Waals surface area contributed by atoms with Crippen molar-refractivity contribution >= 4 is 17.2 Å². The van der Waals surface area contributed by atoms with Crippen LogP contribution in [0.5, 0.6) is 5.75 Å². The lowest BCUT2D eigenvalue weighted by Gasteiger charge is -2.17. The van der Waals surface area contributed by atoms with E-state index in [1.54, 1.807) is 40.8 Å². The van der Waals surface area contributed by atoms with Crippen LogP contribution in [-0.2, 0) is 7.05 Å². The van der Waals surface area contributed by atoms with Gasteiger partial charge in [-0.3, -0.25) is 14.5 Å². The van der Waals surface area contributed by atoms with Crippen LogP contribution in [-0.4, -0.2) is 55.1 Å². The summed E-state index contributed by atoms with van der Waals surface area (Å²) >= 11 is 0. The Morgan fingerprint density at radius 2 is 1.97 bits per heavy atom. The number of alkyl halides is 3. The van der Waals surface area contributed by atoms with Gasteiger partial charge in [-0.1, -0.05) is 11.3 Å². The number of hydrogen-bond donors (Lipinski definition) is 2. The number of aromatic nitrogens is 6. The number of hydrogen-bond acceptors (Lipinski definition) is 7. The van der Waals surface area contributed by atoms with Gasteiger partial charge < -0.3 is 15.4 Å². The Bertz CT molecular complexity index is 1570. The van der Waals surface area contributed by atoms with Crippen molar-refractivity contribution in [2.45, 2.75) is 26.6 Å². The second-order valence-electron chi connectivity index (χ2n) is 9.08. The number of nitrogens with zero attached hydrogens (tertiary/aromatic N) is 6. The Kier molecular flexibility index (Phi) is 6.91. The highest BCUT2D eigenvalue weighted by Crippen LogP contribution is 2.30. The third kappa shape index (κ3) is 5.82. The maximum atomic E-state index is 13.2. The molecule has 202 valence electrons. The van der Waals surface area contributed by atoms with E-state index in [1.165, 1.54) is 12.3 Å². The molecule has 0 fully saturated rings. The van der Waals surface area contributed by atoms with Crippen molar-refractivity contribution in [3.05, 3.63) is 71.4 Å². The number of halogens is 3. The monoisotopic (exact) mass is 538 g/mol. The van der Waals surface area contributed by atoms with Crippen molar-refractivity contribution in [3.63, 3.8) is 0 Å². The average Bonchev–Trinajstić information content (AvgIpc) is 3.51. The fourth-order valence-electron chi connectivity index (χ4n) is 4.27. The summed E-state index contributed by atoms with van der Waals surface area (Å²) in [5.74, 6) is -1.08. The molecule has 0 aliphatic carbocycles. The molecule has 0 saturated carbocycles. The molecule has 2 N–H and O–H groups in total. The summed E-state index contributed by atoms with van der Waals surface area (Å²) in [6.45, 7) is 4.98. The largest absolute Gasteiger partial charge is 0.573 e. The first-order valence-corrected chi connectivity index (χ1v) is 12.1. The highest BCUT2D eigenvalue weighted by atomic mass is 19.4. The molecule has 3 aromatic heterocycles. The lowest BCUT2D eigenvalue weighted by molar-refractivity contribution is -0.274. The van der Waals surface area contributed by atoms with E-state index in [0.717, 1.165) is 22.9 Å². The van der Waals surface area contributed by atoms with Crippen LogP contribution in [0.15, 0.2) is 48.9 Å². The minimum Gasteiger partial charge on any atom is -0.406 e. The van der Waals surface area contributed by atoms with E-state index in [4.69, 9.17) is 0 Å². The summed E-state index contributed by atoms with van der Waals surface area (Å²) in [5.41, 5.74) is 5.26. The third-order valence-electron chi connectivity index (χ3n) is 6.41. The molecule has 1 amide bonds. The fraction of sp³-hybridized carbons (Fsp3) is 0.269. The van der Waals surface area contributed by atoms with Crippen LogP contribution < -0.4 is 15.4 Å². The lowest BCUT2D eigenvalue weighted by atomic mass is 9.97. The van der Waals surface area contributed by atoms with Gasteiger partial charge in [0.2, 0.25) is 0 Å². The number of nitrogens with one attached hydrogen (secondary N) is 2. The lowest BCUT2D eigenvalue weighted by Crippen LogP contribution is -2.21. The minimum absolute atomic E-state index is 0.0170. The second-order valence-corrected chi connectivity index (χ2v) is 9.08. The van der Waals surface area contributed by atoms with E-state index >= 15 is 0 Å². The number of ether oxygens (including phenoxy) is 1. The number of amides is 1. The molecule has 5 rings (SSSR count). The van der Waals surface area contributed by atoms with Gasteiger partial charge in [-0.15, -0.1) is 18.3 Å². The number of rotatable bonds is 6. The maximum Gasteiger partial charge on any atom is 0.573 e. The van der Waals surface area contributed by atoms with Crippen LogP contribution in [0.1, 0.15) is 33.7 Å². The molecule has 0 unspecified atom stereocenters. The number of anilines is 1. The summed E-state index contributed by atoms with van der Waals surface area (Å²) in [5, 5.41) is 18.6. The van der Waals surface area contributed by atoms with Gasteiger partial charge in [0, 0.05) is 30.4 Å². The number of carbonyl (C=O) groups is 1. The summed E-state index contributed by atoms with van der Waals surface area (Å²) in [4.78, 5) is 17.5. The van der Waals surface area contributed by atoms with Gasteiger partial charge in [-0.2, -0.15) is 5.10 Å². The highest BCUT2D eigenvalue weighted by Gasteiger charge is 2.31. The summed E-state index contributed by atoms with van der Waals surface area (Å²) < 4.78 is 46.4. The summed E-state index contributed by atoms with van der Waals surface area (Å²) in [6.07, 6.45) is 2.50. The Morgan fingerprint density at radius 1 is 1.15 bits per heavy atom. The summed E-state index contributed by atoms with van der Waals surface area (Å²) in [6, 6.07) is 5.58. The first-order valence-electron chi connectivity index (χ1n) is 12.1. The molecule has 0 saturated heterocycles. The number of benzene rings is 1. The molecule has 1 aliphatic rings. The minimum atomic E-state index is -4.89.